The van der Waals surface area contributed by atoms with Crippen LogP contribution in [0.5, 0.6) is 0 Å². The molecular weight excluding hydrogens is 282 g/mol. The minimum absolute atomic E-state index is 0.251. The Morgan fingerprint density at radius 1 is 1.19 bits per heavy atom. The van der Waals surface area contributed by atoms with Gasteiger partial charge in [0, 0.05) is 24.7 Å². The van der Waals surface area contributed by atoms with Crippen LogP contribution in [0.1, 0.15) is 34.3 Å². The Morgan fingerprint density at radius 3 is 2.48 bits per heavy atom. The van der Waals surface area contributed by atoms with Crippen LogP contribution in [-0.4, -0.2) is 16.8 Å². The maximum atomic E-state index is 11.4. The number of hydrogen-bond donors (Lipinski definition) is 2. The van der Waals surface area contributed by atoms with E-state index in [-0.39, 0.29) is 5.91 Å². The highest BCUT2D eigenvalue weighted by atomic mass is 32.1. The van der Waals surface area contributed by atoms with Gasteiger partial charge < -0.3 is 0 Å². The van der Waals surface area contributed by atoms with Crippen molar-refractivity contribution in [3.8, 4) is 0 Å². The molecule has 0 bridgehead atoms. The largest absolute Gasteiger partial charge is 0.292 e. The summed E-state index contributed by atoms with van der Waals surface area (Å²) in [5, 5.41) is 4.34. The normalized spacial score (nSPS) is 14.4. The summed E-state index contributed by atoms with van der Waals surface area (Å²) in [5.41, 5.74) is 5.35. The van der Waals surface area contributed by atoms with Crippen LogP contribution >= 0.6 is 11.3 Å². The molecule has 1 aromatic carbocycles. The second-order valence-corrected chi connectivity index (χ2v) is 6.22. The van der Waals surface area contributed by atoms with E-state index in [2.05, 4.69) is 27.2 Å². The zero-order chi connectivity index (χ0) is 14.7. The first-order chi connectivity index (χ1) is 10.3. The van der Waals surface area contributed by atoms with E-state index in [4.69, 9.17) is 5.84 Å². The molecule has 3 N–H and O–H groups in total. The van der Waals surface area contributed by atoms with E-state index < -0.39 is 0 Å². The van der Waals surface area contributed by atoms with Gasteiger partial charge in [0.1, 0.15) is 0 Å². The lowest BCUT2D eigenvalue weighted by Gasteiger charge is -2.21. The number of thiophene rings is 1. The molecule has 0 aliphatic heterocycles. The lowest BCUT2D eigenvalue weighted by molar-refractivity contribution is 0.0953. The molecule has 1 aliphatic carbocycles. The SMILES string of the molecule is NNC(=O)c1ccc(CN(Cc2ccsc2)C2CC2)cc1. The highest BCUT2D eigenvalue weighted by molar-refractivity contribution is 7.07. The van der Waals surface area contributed by atoms with Gasteiger partial charge in [-0.1, -0.05) is 12.1 Å². The molecule has 0 saturated heterocycles. The van der Waals surface area contributed by atoms with Gasteiger partial charge >= 0.3 is 0 Å². The van der Waals surface area contributed by atoms with Gasteiger partial charge in [0.25, 0.3) is 5.91 Å². The van der Waals surface area contributed by atoms with Crippen molar-refractivity contribution >= 4 is 17.2 Å². The first-order valence-electron chi connectivity index (χ1n) is 7.11. The third kappa shape index (κ3) is 3.69. The van der Waals surface area contributed by atoms with Gasteiger partial charge in [0.05, 0.1) is 0 Å². The predicted octanol–water partition coefficient (Wildman–Crippen LogP) is 2.52. The lowest BCUT2D eigenvalue weighted by atomic mass is 10.1. The molecule has 1 aliphatic rings. The third-order valence-corrected chi connectivity index (χ3v) is 4.49. The lowest BCUT2D eigenvalue weighted by Crippen LogP contribution is -2.30. The molecule has 1 saturated carbocycles. The molecule has 1 aromatic heterocycles. The van der Waals surface area contributed by atoms with Crippen LogP contribution in [0.2, 0.25) is 0 Å². The summed E-state index contributed by atoms with van der Waals surface area (Å²) in [5.74, 6) is 4.89. The third-order valence-electron chi connectivity index (χ3n) is 3.76. The van der Waals surface area contributed by atoms with Crippen molar-refractivity contribution in [2.45, 2.75) is 32.0 Å². The molecule has 0 spiro atoms. The van der Waals surface area contributed by atoms with Gasteiger partial charge in [0.2, 0.25) is 0 Å². The maximum absolute atomic E-state index is 11.4. The van der Waals surface area contributed by atoms with Crippen molar-refractivity contribution in [2.75, 3.05) is 0 Å². The Bertz CT molecular complexity index is 590. The van der Waals surface area contributed by atoms with Crippen LogP contribution in [-0.2, 0) is 13.1 Å². The zero-order valence-electron chi connectivity index (χ0n) is 11.8. The number of nitrogen functional groups attached to an aromatic ring is 1. The van der Waals surface area contributed by atoms with E-state index >= 15 is 0 Å². The Kier molecular flexibility index (Phi) is 4.34. The fourth-order valence-corrected chi connectivity index (χ4v) is 3.11. The van der Waals surface area contributed by atoms with Crippen molar-refractivity contribution in [1.82, 2.24) is 10.3 Å². The van der Waals surface area contributed by atoms with Crippen molar-refractivity contribution < 1.29 is 4.79 Å². The molecule has 0 atom stereocenters. The molecular formula is C16H19N3OS. The summed E-state index contributed by atoms with van der Waals surface area (Å²) in [4.78, 5) is 13.9. The fourth-order valence-electron chi connectivity index (χ4n) is 2.45. The second-order valence-electron chi connectivity index (χ2n) is 5.44. The Morgan fingerprint density at radius 2 is 1.90 bits per heavy atom. The zero-order valence-corrected chi connectivity index (χ0v) is 12.6. The predicted molar refractivity (Wildman–Crippen MR) is 84.7 cm³/mol. The van der Waals surface area contributed by atoms with Crippen LogP contribution in [0.3, 0.4) is 0 Å². The molecule has 110 valence electrons. The highest BCUT2D eigenvalue weighted by Gasteiger charge is 2.28. The number of nitrogens with two attached hydrogens (primary N) is 1. The average molecular weight is 301 g/mol. The smallest absolute Gasteiger partial charge is 0.265 e. The molecule has 21 heavy (non-hydrogen) atoms. The van der Waals surface area contributed by atoms with Crippen LogP contribution in [0.25, 0.3) is 0 Å². The molecule has 1 amide bonds. The first kappa shape index (κ1) is 14.3. The van der Waals surface area contributed by atoms with Gasteiger partial charge in [-0.25, -0.2) is 5.84 Å². The monoisotopic (exact) mass is 301 g/mol. The van der Waals surface area contributed by atoms with Crippen molar-refractivity contribution in [3.63, 3.8) is 0 Å². The minimum atomic E-state index is -0.251. The van der Waals surface area contributed by atoms with Gasteiger partial charge in [-0.2, -0.15) is 11.3 Å². The number of nitrogens with one attached hydrogen (secondary N) is 1. The topological polar surface area (TPSA) is 58.4 Å². The molecule has 0 radical (unpaired) electrons. The van der Waals surface area contributed by atoms with E-state index in [0.717, 1.165) is 13.1 Å². The van der Waals surface area contributed by atoms with E-state index in [1.54, 1.807) is 11.3 Å². The molecule has 2 aromatic rings. The summed E-state index contributed by atoms with van der Waals surface area (Å²) >= 11 is 1.74. The van der Waals surface area contributed by atoms with Gasteiger partial charge in [-0.3, -0.25) is 15.1 Å². The second kappa shape index (κ2) is 6.39. The molecule has 1 fully saturated rings. The van der Waals surface area contributed by atoms with Gasteiger partial charge in [-0.05, 0) is 52.9 Å². The molecule has 5 heteroatoms. The quantitative estimate of drug-likeness (QED) is 0.490. The van der Waals surface area contributed by atoms with Crippen LogP contribution in [0.15, 0.2) is 41.1 Å². The van der Waals surface area contributed by atoms with E-state index in [9.17, 15) is 4.79 Å². The summed E-state index contributed by atoms with van der Waals surface area (Å²) < 4.78 is 0. The van der Waals surface area contributed by atoms with Crippen LogP contribution in [0.4, 0.5) is 0 Å². The van der Waals surface area contributed by atoms with E-state index in [1.807, 2.05) is 24.3 Å². The van der Waals surface area contributed by atoms with Gasteiger partial charge in [0.15, 0.2) is 0 Å². The molecule has 0 unspecified atom stereocenters. The standard InChI is InChI=1S/C16H19N3OS/c17-18-16(20)14-3-1-12(2-4-14)9-19(15-5-6-15)10-13-7-8-21-11-13/h1-4,7-8,11,15H,5-6,9-10,17H2,(H,18,20). The number of benzene rings is 1. The summed E-state index contributed by atoms with van der Waals surface area (Å²) in [6.07, 6.45) is 2.58. The van der Waals surface area contributed by atoms with Crippen LogP contribution in [0, 0.1) is 0 Å². The number of rotatable bonds is 6. The molecule has 3 rings (SSSR count). The maximum Gasteiger partial charge on any atom is 0.265 e. The van der Waals surface area contributed by atoms with E-state index in [1.165, 1.54) is 24.0 Å². The minimum Gasteiger partial charge on any atom is -0.292 e. The molecule has 1 heterocycles. The number of nitrogens with zero attached hydrogens (tertiary/aromatic N) is 1. The number of carbonyl (C=O) groups excluding carboxylic acids is 1. The van der Waals surface area contributed by atoms with Crippen molar-refractivity contribution in [1.29, 1.82) is 0 Å². The number of hydrogen-bond acceptors (Lipinski definition) is 4. The highest BCUT2D eigenvalue weighted by Crippen LogP contribution is 2.30. The Hall–Kier alpha value is -1.69. The van der Waals surface area contributed by atoms with Gasteiger partial charge in [-0.15, -0.1) is 0 Å². The summed E-state index contributed by atoms with van der Waals surface area (Å²) in [6.45, 7) is 1.92. The summed E-state index contributed by atoms with van der Waals surface area (Å²) in [7, 11) is 0. The number of carbonyl (C=O) groups is 1. The average Bonchev–Trinajstić information content (AvgIpc) is 3.24. The van der Waals surface area contributed by atoms with Crippen molar-refractivity contribution in [2.24, 2.45) is 5.84 Å². The molecule has 4 nitrogen and oxygen atoms in total. The summed E-state index contributed by atoms with van der Waals surface area (Å²) in [6, 6.07) is 10.6. The number of hydrazine groups is 1. The van der Waals surface area contributed by atoms with E-state index in [0.29, 0.717) is 11.6 Å². The number of amides is 1. The fraction of sp³-hybridized carbons (Fsp3) is 0.312. The first-order valence-corrected chi connectivity index (χ1v) is 8.05. The Labute approximate surface area is 128 Å². The van der Waals surface area contributed by atoms with Crippen LogP contribution < -0.4 is 11.3 Å². The Balaban J connectivity index is 1.66. The van der Waals surface area contributed by atoms with Crippen molar-refractivity contribution in [3.05, 3.63) is 57.8 Å².